The molecule has 138 valence electrons. The summed E-state index contributed by atoms with van der Waals surface area (Å²) in [5, 5.41) is 2.93. The second kappa shape index (κ2) is 9.48. The molecule has 1 fully saturated rings. The Balaban J connectivity index is 1.34. The number of carbonyl (C=O) groups excluding carboxylic acids is 1. The first-order valence-electron chi connectivity index (χ1n) is 9.58. The van der Waals surface area contributed by atoms with Crippen LogP contribution in [0.3, 0.4) is 0 Å². The second-order valence-electron chi connectivity index (χ2n) is 7.25. The maximum atomic E-state index is 13.6. The Morgan fingerprint density at radius 1 is 1.04 bits per heavy atom. The average Bonchev–Trinajstić information content (AvgIpc) is 2.66. The number of halogens is 1. The molecule has 26 heavy (non-hydrogen) atoms. The molecule has 0 aliphatic carbocycles. The molecular formula is C22H28FN2O+. The van der Waals surface area contributed by atoms with Gasteiger partial charge in [0.15, 0.2) is 6.54 Å². The van der Waals surface area contributed by atoms with Gasteiger partial charge in [-0.3, -0.25) is 4.79 Å². The van der Waals surface area contributed by atoms with E-state index in [1.54, 1.807) is 12.1 Å². The van der Waals surface area contributed by atoms with Gasteiger partial charge in [-0.15, -0.1) is 0 Å². The number of quaternary nitrogens is 1. The van der Waals surface area contributed by atoms with Crippen molar-refractivity contribution in [1.29, 1.82) is 0 Å². The third-order valence-electron chi connectivity index (χ3n) is 5.26. The Morgan fingerprint density at radius 2 is 1.73 bits per heavy atom. The van der Waals surface area contributed by atoms with Gasteiger partial charge in [0.05, 0.1) is 13.1 Å². The van der Waals surface area contributed by atoms with Gasteiger partial charge >= 0.3 is 0 Å². The molecule has 1 aliphatic heterocycles. The van der Waals surface area contributed by atoms with Crippen molar-refractivity contribution in [2.24, 2.45) is 5.92 Å². The molecule has 0 atom stereocenters. The molecule has 2 N–H and O–H groups in total. The number of benzene rings is 2. The van der Waals surface area contributed by atoms with Gasteiger partial charge in [-0.05, 0) is 48.8 Å². The largest absolute Gasteiger partial charge is 0.351 e. The third kappa shape index (κ3) is 5.67. The Kier molecular flexibility index (Phi) is 6.78. The van der Waals surface area contributed by atoms with Crippen LogP contribution in [0.25, 0.3) is 0 Å². The number of carbonyl (C=O) groups is 1. The van der Waals surface area contributed by atoms with Crippen LogP contribution in [-0.2, 0) is 17.6 Å². The first-order chi connectivity index (χ1) is 12.7. The minimum Gasteiger partial charge on any atom is -0.351 e. The van der Waals surface area contributed by atoms with Crippen LogP contribution in [0, 0.1) is 11.7 Å². The van der Waals surface area contributed by atoms with Crippen molar-refractivity contribution in [3.63, 3.8) is 0 Å². The van der Waals surface area contributed by atoms with Crippen LogP contribution in [0.2, 0.25) is 0 Å². The van der Waals surface area contributed by atoms with Gasteiger partial charge in [0.1, 0.15) is 5.82 Å². The average molecular weight is 355 g/mol. The van der Waals surface area contributed by atoms with Gasteiger partial charge in [-0.25, -0.2) is 4.39 Å². The van der Waals surface area contributed by atoms with E-state index >= 15 is 0 Å². The maximum absolute atomic E-state index is 13.6. The van der Waals surface area contributed by atoms with Crippen LogP contribution in [-0.4, -0.2) is 32.1 Å². The molecule has 3 nitrogen and oxygen atoms in total. The van der Waals surface area contributed by atoms with E-state index in [1.807, 2.05) is 6.07 Å². The molecule has 1 amide bonds. The fourth-order valence-corrected chi connectivity index (χ4v) is 3.74. The van der Waals surface area contributed by atoms with Gasteiger partial charge in [-0.1, -0.05) is 48.5 Å². The molecule has 0 bridgehead atoms. The Bertz CT molecular complexity index is 696. The molecule has 1 saturated heterocycles. The van der Waals surface area contributed by atoms with Crippen molar-refractivity contribution < 1.29 is 14.1 Å². The monoisotopic (exact) mass is 355 g/mol. The van der Waals surface area contributed by atoms with Crippen LogP contribution in [0.5, 0.6) is 0 Å². The van der Waals surface area contributed by atoms with Crippen molar-refractivity contribution in [2.45, 2.75) is 25.7 Å². The molecule has 3 rings (SSSR count). The van der Waals surface area contributed by atoms with E-state index in [0.717, 1.165) is 25.4 Å². The predicted octanol–water partition coefficient (Wildman–Crippen LogP) is 2.02. The normalized spacial score (nSPS) is 19.9. The van der Waals surface area contributed by atoms with Gasteiger partial charge in [0, 0.05) is 6.54 Å². The Labute approximate surface area is 155 Å². The van der Waals surface area contributed by atoms with E-state index in [4.69, 9.17) is 0 Å². The van der Waals surface area contributed by atoms with E-state index in [1.165, 1.54) is 29.4 Å². The molecule has 1 aliphatic rings. The highest BCUT2D eigenvalue weighted by Crippen LogP contribution is 2.16. The van der Waals surface area contributed by atoms with Gasteiger partial charge < -0.3 is 10.2 Å². The topological polar surface area (TPSA) is 33.5 Å². The highest BCUT2D eigenvalue weighted by molar-refractivity contribution is 5.76. The highest BCUT2D eigenvalue weighted by atomic mass is 19.1. The lowest BCUT2D eigenvalue weighted by atomic mass is 9.90. The molecule has 0 radical (unpaired) electrons. The standard InChI is InChI=1S/C22H27FN2O/c23-21-9-5-4-8-20(21)10-13-24-22(26)17-25-14-11-19(12-15-25)16-18-6-2-1-3-7-18/h1-9,19H,10-17H2,(H,24,26)/p+1. The summed E-state index contributed by atoms with van der Waals surface area (Å²) in [6.07, 6.45) is 4.02. The third-order valence-corrected chi connectivity index (χ3v) is 5.26. The predicted molar refractivity (Wildman–Crippen MR) is 102 cm³/mol. The Hall–Kier alpha value is -2.20. The van der Waals surface area contributed by atoms with Crippen LogP contribution < -0.4 is 10.2 Å². The van der Waals surface area contributed by atoms with Crippen molar-refractivity contribution in [3.8, 4) is 0 Å². The zero-order valence-corrected chi connectivity index (χ0v) is 15.2. The highest BCUT2D eigenvalue weighted by Gasteiger charge is 2.23. The van der Waals surface area contributed by atoms with Crippen molar-refractivity contribution in [2.75, 3.05) is 26.2 Å². The summed E-state index contributed by atoms with van der Waals surface area (Å²) in [4.78, 5) is 13.5. The first-order valence-corrected chi connectivity index (χ1v) is 9.58. The van der Waals surface area contributed by atoms with Gasteiger partial charge in [0.2, 0.25) is 0 Å². The number of amides is 1. The molecule has 1 heterocycles. The van der Waals surface area contributed by atoms with Crippen LogP contribution >= 0.6 is 0 Å². The smallest absolute Gasteiger partial charge is 0.275 e. The lowest BCUT2D eigenvalue weighted by Crippen LogP contribution is -3.14. The molecular weight excluding hydrogens is 327 g/mol. The van der Waals surface area contributed by atoms with Gasteiger partial charge in [0.25, 0.3) is 5.91 Å². The van der Waals surface area contributed by atoms with E-state index in [2.05, 4.69) is 35.6 Å². The number of nitrogens with one attached hydrogen (secondary N) is 2. The number of hydrogen-bond acceptors (Lipinski definition) is 1. The van der Waals surface area contributed by atoms with E-state index in [-0.39, 0.29) is 11.7 Å². The first kappa shape index (κ1) is 18.6. The minimum absolute atomic E-state index is 0.0675. The lowest BCUT2D eigenvalue weighted by molar-refractivity contribution is -0.898. The summed E-state index contributed by atoms with van der Waals surface area (Å²) < 4.78 is 13.6. The number of piperidine rings is 1. The summed E-state index contributed by atoms with van der Waals surface area (Å²) in [6.45, 7) is 3.12. The molecule has 0 saturated carbocycles. The molecule has 0 unspecified atom stereocenters. The van der Waals surface area contributed by atoms with Crippen molar-refractivity contribution in [1.82, 2.24) is 5.32 Å². The van der Waals surface area contributed by atoms with Crippen LogP contribution in [0.4, 0.5) is 4.39 Å². The SMILES string of the molecule is O=C(C[NH+]1CCC(Cc2ccccc2)CC1)NCCc1ccccc1F. The molecule has 2 aromatic carbocycles. The summed E-state index contributed by atoms with van der Waals surface area (Å²) >= 11 is 0. The summed E-state index contributed by atoms with van der Waals surface area (Å²) in [5.74, 6) is 0.593. The zero-order valence-electron chi connectivity index (χ0n) is 15.2. The molecule has 4 heteroatoms. The maximum Gasteiger partial charge on any atom is 0.275 e. The fraction of sp³-hybridized carbons (Fsp3) is 0.409. The van der Waals surface area contributed by atoms with Crippen molar-refractivity contribution >= 4 is 5.91 Å². The van der Waals surface area contributed by atoms with Crippen molar-refractivity contribution in [3.05, 3.63) is 71.5 Å². The Morgan fingerprint density at radius 3 is 2.46 bits per heavy atom. The van der Waals surface area contributed by atoms with E-state index in [0.29, 0.717) is 25.1 Å². The number of rotatable bonds is 7. The second-order valence-corrected chi connectivity index (χ2v) is 7.25. The zero-order chi connectivity index (χ0) is 18.2. The number of likely N-dealkylation sites (tertiary alicyclic amines) is 1. The molecule has 0 aromatic heterocycles. The minimum atomic E-state index is -0.201. The van der Waals surface area contributed by atoms with E-state index in [9.17, 15) is 9.18 Å². The fourth-order valence-electron chi connectivity index (χ4n) is 3.74. The van der Waals surface area contributed by atoms with Gasteiger partial charge in [-0.2, -0.15) is 0 Å². The summed E-state index contributed by atoms with van der Waals surface area (Å²) in [6, 6.07) is 17.4. The van der Waals surface area contributed by atoms with Crippen LogP contribution in [0.15, 0.2) is 54.6 Å². The molecule has 0 spiro atoms. The molecule has 2 aromatic rings. The summed E-state index contributed by atoms with van der Waals surface area (Å²) in [5.41, 5.74) is 2.06. The van der Waals surface area contributed by atoms with Crippen LogP contribution in [0.1, 0.15) is 24.0 Å². The van der Waals surface area contributed by atoms with E-state index < -0.39 is 0 Å². The quantitative estimate of drug-likeness (QED) is 0.783. The lowest BCUT2D eigenvalue weighted by Gasteiger charge is -2.29. The summed E-state index contributed by atoms with van der Waals surface area (Å²) in [7, 11) is 0. The number of hydrogen-bond donors (Lipinski definition) is 2.